The second-order valence-corrected chi connectivity index (χ2v) is 17.6. The molecule has 0 aromatic heterocycles. The Morgan fingerprint density at radius 3 is 1.25 bits per heavy atom. The Morgan fingerprint density at radius 1 is 0.556 bits per heavy atom. The molecule has 32 heteroatoms. The van der Waals surface area contributed by atoms with Gasteiger partial charge in [0.1, 0.15) is 12.4 Å². The number of carbonyl (C=O) groups excluding carboxylic acids is 4. The molecule has 0 aliphatic carbocycles. The van der Waals surface area contributed by atoms with Crippen LogP contribution in [0.15, 0.2) is 78.9 Å². The topological polar surface area (TPSA) is 238 Å². The maximum absolute atomic E-state index is 13.9. The molecule has 72 heavy (non-hydrogen) atoms. The van der Waals surface area contributed by atoms with Crippen LogP contribution in [0.5, 0.6) is 5.75 Å². The van der Waals surface area contributed by atoms with E-state index < -0.39 is 166 Å². The molecule has 2 aromatic carbocycles. The number of alkyl halides is 14. The zero-order chi connectivity index (χ0) is 56.2. The van der Waals surface area contributed by atoms with Crippen molar-refractivity contribution < 1.29 is 135 Å². The molecule has 0 saturated heterocycles. The number of halogens is 14. The summed E-state index contributed by atoms with van der Waals surface area (Å²) in [5.74, 6) is -27.9. The Kier molecular flexibility index (Phi) is 22.0. The molecule has 0 radical (unpaired) electrons. The van der Waals surface area contributed by atoms with Gasteiger partial charge in [0, 0.05) is 24.0 Å². The Labute approximate surface area is 399 Å². The molecule has 0 aliphatic rings. The maximum Gasteiger partial charge on any atom is 0.468 e. The fraction of sp³-hybridized carbons (Fsp3) is 0.500. The van der Waals surface area contributed by atoms with Crippen LogP contribution in [0, 0.1) is 6.92 Å². The monoisotopic (exact) mass is 1110 g/mol. The fourth-order valence-corrected chi connectivity index (χ4v) is 5.73. The number of unbranched alkanes of at least 4 members (excludes halogenated alkanes) is 2. The summed E-state index contributed by atoms with van der Waals surface area (Å²) < 4.78 is 279. The van der Waals surface area contributed by atoms with Gasteiger partial charge in [-0.2, -0.15) is 61.5 Å². The van der Waals surface area contributed by atoms with E-state index in [1.165, 1.54) is 36.4 Å². The van der Waals surface area contributed by atoms with E-state index in [9.17, 15) is 107 Å². The van der Waals surface area contributed by atoms with E-state index in [0.717, 1.165) is 26.0 Å². The average molecular weight is 1110 g/mol. The number of rotatable bonds is 25. The summed E-state index contributed by atoms with van der Waals surface area (Å²) in [6, 6.07) is 12.3. The SMILES string of the molecule is C=C(C)C(=O)OC(OCCCCC(F)(F)C(F)(F)S(=O)(=O)[O-])(C(=O)OCc1ccccc1)C(F)(F)F.C=C(C)C(=O)OC(OCCCCC(F)(F)C(F)(F)S(=O)(=O)[O-])(C(=O)Oc1ccc(C)cc1)C(F)(F)F. The van der Waals surface area contributed by atoms with Crippen LogP contribution in [0.3, 0.4) is 0 Å². The summed E-state index contributed by atoms with van der Waals surface area (Å²) in [6.07, 6.45) is -19.4. The lowest BCUT2D eigenvalue weighted by atomic mass is 10.1. The lowest BCUT2D eigenvalue weighted by molar-refractivity contribution is -0.355. The molecule has 0 bridgehead atoms. The smallest absolute Gasteiger partial charge is 0.468 e. The predicted molar refractivity (Wildman–Crippen MR) is 211 cm³/mol. The highest BCUT2D eigenvalue weighted by atomic mass is 32.2. The van der Waals surface area contributed by atoms with Crippen LogP contribution in [0.25, 0.3) is 0 Å². The minimum absolute atomic E-state index is 0.240. The van der Waals surface area contributed by atoms with Gasteiger partial charge in [-0.1, -0.05) is 61.2 Å². The number of benzene rings is 2. The first-order valence-electron chi connectivity index (χ1n) is 19.6. The van der Waals surface area contributed by atoms with Crippen molar-refractivity contribution in [2.45, 2.75) is 112 Å². The third-order valence-corrected chi connectivity index (χ3v) is 10.6. The minimum Gasteiger partial charge on any atom is -0.743 e. The van der Waals surface area contributed by atoms with Crippen molar-refractivity contribution in [3.8, 4) is 5.75 Å². The van der Waals surface area contributed by atoms with Crippen molar-refractivity contribution in [2.24, 2.45) is 0 Å². The Balaban J connectivity index is 0.000000720. The van der Waals surface area contributed by atoms with Gasteiger partial charge in [-0.15, -0.1) is 0 Å². The normalized spacial score (nSPS) is 14.6. The van der Waals surface area contributed by atoms with Crippen molar-refractivity contribution in [3.05, 3.63) is 90.0 Å². The number of esters is 4. The highest BCUT2D eigenvalue weighted by Gasteiger charge is 2.69. The standard InChI is InChI=1S/2C20H21F7O8S/c1-12(2)15(28)35-18(19(23,24)25,16(29)34-14-8-6-13(3)7-9-14)33-11-5-4-10-17(21,22)20(26,27)36(30,31)32;1-13(2)15(28)35-18(19(23,24)25,16(29)33-12-14-8-4-3-5-9-14)34-11-7-6-10-17(21,22)20(26,27)36(30,31)32/h6-9H,1,4-5,10-11H2,2-3H3,(H,30,31,32);3-5,8-9H,1,6-7,10-12H2,2H3,(H,30,31,32)/p-2. The Morgan fingerprint density at radius 2 is 0.917 bits per heavy atom. The van der Waals surface area contributed by atoms with E-state index in [2.05, 4.69) is 41.6 Å². The molecule has 0 fully saturated rings. The summed E-state index contributed by atoms with van der Waals surface area (Å²) in [4.78, 5) is 48.6. The molecular formula is C40H40F14O16S2-2. The molecule has 0 spiro atoms. The number of hydrogen-bond acceptors (Lipinski definition) is 16. The summed E-state index contributed by atoms with van der Waals surface area (Å²) in [5, 5.41) is -12.0. The van der Waals surface area contributed by atoms with Gasteiger partial charge in [-0.3, -0.25) is 0 Å². The summed E-state index contributed by atoms with van der Waals surface area (Å²) in [5.41, 5.74) is -0.279. The highest BCUT2D eigenvalue weighted by molar-refractivity contribution is 7.87. The largest absolute Gasteiger partial charge is 0.743 e. The van der Waals surface area contributed by atoms with Crippen molar-refractivity contribution in [1.82, 2.24) is 0 Å². The van der Waals surface area contributed by atoms with Gasteiger partial charge in [-0.25, -0.2) is 36.0 Å². The number of hydrogen-bond donors (Lipinski definition) is 0. The molecule has 0 N–H and O–H groups in total. The van der Waals surface area contributed by atoms with Crippen LogP contribution >= 0.6 is 0 Å². The second kappa shape index (κ2) is 24.5. The van der Waals surface area contributed by atoms with Crippen LogP contribution in [0.2, 0.25) is 0 Å². The van der Waals surface area contributed by atoms with Gasteiger partial charge in [0.05, 0.1) is 13.2 Å². The third-order valence-electron chi connectivity index (χ3n) is 8.76. The van der Waals surface area contributed by atoms with Crippen molar-refractivity contribution >= 4 is 44.1 Å². The van der Waals surface area contributed by atoms with Crippen LogP contribution < -0.4 is 4.74 Å². The fourth-order valence-electron chi connectivity index (χ4n) is 4.79. The van der Waals surface area contributed by atoms with E-state index >= 15 is 0 Å². The predicted octanol–water partition coefficient (Wildman–Crippen LogP) is 8.31. The number of aryl methyl sites for hydroxylation is 1. The Bertz CT molecular complexity index is 2450. The molecule has 2 unspecified atom stereocenters. The number of ether oxygens (including phenoxy) is 6. The molecule has 16 nitrogen and oxygen atoms in total. The van der Waals surface area contributed by atoms with Gasteiger partial charge in [-0.05, 0) is 64.2 Å². The van der Waals surface area contributed by atoms with Crippen LogP contribution in [-0.4, -0.2) is 109 Å². The summed E-state index contributed by atoms with van der Waals surface area (Å²) in [7, 11) is -13.5. The molecule has 2 rings (SSSR count). The first-order valence-corrected chi connectivity index (χ1v) is 22.4. The molecule has 0 amide bonds. The lowest BCUT2D eigenvalue weighted by Gasteiger charge is -2.32. The first-order chi connectivity index (χ1) is 32.5. The molecule has 2 aromatic rings. The van der Waals surface area contributed by atoms with Crippen molar-refractivity contribution in [1.29, 1.82) is 0 Å². The third kappa shape index (κ3) is 16.5. The van der Waals surface area contributed by atoms with Crippen LogP contribution in [0.4, 0.5) is 61.5 Å². The maximum atomic E-state index is 13.9. The Hall–Kier alpha value is -5.44. The van der Waals surface area contributed by atoms with E-state index in [4.69, 9.17) is 0 Å². The zero-order valence-electron chi connectivity index (χ0n) is 37.1. The van der Waals surface area contributed by atoms with Crippen LogP contribution in [0.1, 0.15) is 63.5 Å². The van der Waals surface area contributed by atoms with E-state index in [1.54, 1.807) is 13.0 Å². The van der Waals surface area contributed by atoms with Crippen LogP contribution in [-0.2, 0) is 69.7 Å². The molecule has 408 valence electrons. The van der Waals surface area contributed by atoms with E-state index in [0.29, 0.717) is 5.56 Å². The molecule has 2 atom stereocenters. The van der Waals surface area contributed by atoms with Crippen molar-refractivity contribution in [3.63, 3.8) is 0 Å². The molecule has 0 saturated carbocycles. The van der Waals surface area contributed by atoms with Gasteiger partial charge in [0.25, 0.3) is 0 Å². The second-order valence-electron chi connectivity index (χ2n) is 14.8. The van der Waals surface area contributed by atoms with Gasteiger partial charge >= 0.3 is 70.2 Å². The number of carbonyl (C=O) groups is 4. The van der Waals surface area contributed by atoms with Gasteiger partial charge in [0.15, 0.2) is 20.2 Å². The minimum atomic E-state index is -6.75. The highest BCUT2D eigenvalue weighted by Crippen LogP contribution is 2.44. The quantitative estimate of drug-likeness (QED) is 0.0133. The molecule has 0 heterocycles. The van der Waals surface area contributed by atoms with Gasteiger partial charge < -0.3 is 37.5 Å². The van der Waals surface area contributed by atoms with Crippen molar-refractivity contribution in [2.75, 3.05) is 13.2 Å². The summed E-state index contributed by atoms with van der Waals surface area (Å²) in [6.45, 7) is 6.41. The van der Waals surface area contributed by atoms with E-state index in [1.807, 2.05) is 0 Å². The van der Waals surface area contributed by atoms with E-state index in [-0.39, 0.29) is 5.56 Å². The lowest BCUT2D eigenvalue weighted by Crippen LogP contribution is -2.59. The average Bonchev–Trinajstić information content (AvgIpc) is 3.23. The molecule has 0 aliphatic heterocycles. The molecular weight excluding hydrogens is 1070 g/mol. The first kappa shape index (κ1) is 64.6. The van der Waals surface area contributed by atoms with Gasteiger partial charge in [0.2, 0.25) is 0 Å². The zero-order valence-corrected chi connectivity index (χ0v) is 38.7. The summed E-state index contributed by atoms with van der Waals surface area (Å²) >= 11 is 0.